The molecule has 0 saturated carbocycles. The first-order valence-electron chi connectivity index (χ1n) is 7.70. The molecule has 20 heavy (non-hydrogen) atoms. The molecule has 3 heteroatoms. The van der Waals surface area contributed by atoms with Crippen LogP contribution >= 0.6 is 0 Å². The Morgan fingerprint density at radius 2 is 2.00 bits per heavy atom. The van der Waals surface area contributed by atoms with Gasteiger partial charge in [-0.1, -0.05) is 41.0 Å². The lowest BCUT2D eigenvalue weighted by atomic mass is 9.96. The number of nitrogens with one attached hydrogen (secondary N) is 2. The van der Waals surface area contributed by atoms with E-state index in [4.69, 9.17) is 0 Å². The zero-order valence-electron chi connectivity index (χ0n) is 13.4. The fraction of sp³-hybridized carbons (Fsp3) is 0.588. The summed E-state index contributed by atoms with van der Waals surface area (Å²) in [5, 5.41) is 3.62. The Morgan fingerprint density at radius 3 is 2.60 bits per heavy atom. The topological polar surface area (TPSA) is 40.7 Å². The first kappa shape index (κ1) is 14.9. The average Bonchev–Trinajstić information content (AvgIpc) is 2.81. The lowest BCUT2D eigenvalue weighted by molar-refractivity contribution is 0.554. The van der Waals surface area contributed by atoms with Gasteiger partial charge in [0, 0.05) is 17.1 Å². The van der Waals surface area contributed by atoms with E-state index in [9.17, 15) is 0 Å². The number of anilines is 1. The predicted octanol–water partition coefficient (Wildman–Crippen LogP) is 4.85. The van der Waals surface area contributed by atoms with Crippen molar-refractivity contribution in [3.8, 4) is 0 Å². The molecule has 1 aromatic carbocycles. The van der Waals surface area contributed by atoms with Crippen molar-refractivity contribution in [2.24, 2.45) is 0 Å². The maximum absolute atomic E-state index is 4.68. The summed E-state index contributed by atoms with van der Waals surface area (Å²) in [4.78, 5) is 8.13. The van der Waals surface area contributed by atoms with Crippen molar-refractivity contribution < 1.29 is 0 Å². The van der Waals surface area contributed by atoms with Gasteiger partial charge in [-0.25, -0.2) is 4.98 Å². The second kappa shape index (κ2) is 5.86. The molecule has 0 radical (unpaired) electrons. The van der Waals surface area contributed by atoms with Gasteiger partial charge in [0.05, 0.1) is 11.0 Å². The van der Waals surface area contributed by atoms with E-state index < -0.39 is 0 Å². The van der Waals surface area contributed by atoms with Crippen LogP contribution in [-0.2, 0) is 5.41 Å². The summed E-state index contributed by atoms with van der Waals surface area (Å²) in [6.45, 7) is 11.0. The number of hydrogen-bond acceptors (Lipinski definition) is 2. The van der Waals surface area contributed by atoms with E-state index in [0.29, 0.717) is 6.04 Å². The highest BCUT2D eigenvalue weighted by Crippen LogP contribution is 2.24. The minimum absolute atomic E-state index is 0.0563. The highest BCUT2D eigenvalue weighted by molar-refractivity contribution is 5.79. The van der Waals surface area contributed by atoms with Gasteiger partial charge in [0.25, 0.3) is 0 Å². The molecule has 1 aromatic heterocycles. The number of fused-ring (bicyclic) bond motifs is 1. The molecule has 2 N–H and O–H groups in total. The van der Waals surface area contributed by atoms with Crippen LogP contribution in [0.15, 0.2) is 18.2 Å². The molecule has 3 nitrogen and oxygen atoms in total. The molecule has 0 aliphatic rings. The van der Waals surface area contributed by atoms with Crippen LogP contribution in [0.5, 0.6) is 0 Å². The Kier molecular flexibility index (Phi) is 4.36. The molecule has 0 amide bonds. The first-order valence-corrected chi connectivity index (χ1v) is 7.70. The molecule has 2 rings (SSSR count). The van der Waals surface area contributed by atoms with E-state index in [0.717, 1.165) is 23.3 Å². The summed E-state index contributed by atoms with van der Waals surface area (Å²) in [5.74, 6) is 1.05. The first-order chi connectivity index (χ1) is 9.44. The zero-order valence-corrected chi connectivity index (χ0v) is 13.4. The van der Waals surface area contributed by atoms with Gasteiger partial charge in [-0.3, -0.25) is 0 Å². The van der Waals surface area contributed by atoms with Crippen molar-refractivity contribution >= 4 is 16.7 Å². The highest BCUT2D eigenvalue weighted by atomic mass is 15.0. The summed E-state index contributed by atoms with van der Waals surface area (Å²) in [6.07, 6.45) is 3.58. The fourth-order valence-electron chi connectivity index (χ4n) is 2.42. The maximum atomic E-state index is 4.68. The normalized spacial score (nSPS) is 13.7. The number of aromatic amines is 1. The average molecular weight is 273 g/mol. The number of hydrogen-bond donors (Lipinski definition) is 2. The lowest BCUT2D eigenvalue weighted by Gasteiger charge is -2.17. The van der Waals surface area contributed by atoms with Crippen molar-refractivity contribution in [3.05, 3.63) is 24.0 Å². The molecule has 0 aliphatic heterocycles. The van der Waals surface area contributed by atoms with E-state index >= 15 is 0 Å². The lowest BCUT2D eigenvalue weighted by Crippen LogP contribution is -2.17. The summed E-state index contributed by atoms with van der Waals surface area (Å²) in [7, 11) is 0. The molecule has 2 aromatic rings. The third kappa shape index (κ3) is 3.33. The molecular weight excluding hydrogens is 246 g/mol. The van der Waals surface area contributed by atoms with Crippen LogP contribution in [0.25, 0.3) is 11.0 Å². The second-order valence-electron chi connectivity index (χ2n) is 6.61. The smallest absolute Gasteiger partial charge is 0.112 e. The van der Waals surface area contributed by atoms with Crippen LogP contribution in [0.1, 0.15) is 59.7 Å². The third-order valence-corrected chi connectivity index (χ3v) is 3.69. The molecule has 0 aliphatic carbocycles. The summed E-state index contributed by atoms with van der Waals surface area (Å²) < 4.78 is 0. The summed E-state index contributed by atoms with van der Waals surface area (Å²) in [5.41, 5.74) is 3.40. The quantitative estimate of drug-likeness (QED) is 0.817. The molecule has 110 valence electrons. The molecule has 1 atom stereocenters. The molecular formula is C17H27N3. The van der Waals surface area contributed by atoms with E-state index in [-0.39, 0.29) is 5.41 Å². The van der Waals surface area contributed by atoms with Gasteiger partial charge in [0.1, 0.15) is 5.82 Å². The Morgan fingerprint density at radius 1 is 1.25 bits per heavy atom. The van der Waals surface area contributed by atoms with Gasteiger partial charge in [0.15, 0.2) is 0 Å². The van der Waals surface area contributed by atoms with E-state index in [1.807, 2.05) is 0 Å². The SMILES string of the molecule is CCCC(CC)Nc1ccc2nc(C(C)(C)C)[nH]c2c1. The summed E-state index contributed by atoms with van der Waals surface area (Å²) in [6, 6.07) is 6.97. The van der Waals surface area contributed by atoms with Crippen LogP contribution in [-0.4, -0.2) is 16.0 Å². The van der Waals surface area contributed by atoms with Gasteiger partial charge < -0.3 is 10.3 Å². The fourth-order valence-corrected chi connectivity index (χ4v) is 2.42. The molecule has 0 spiro atoms. The highest BCUT2D eigenvalue weighted by Gasteiger charge is 2.18. The van der Waals surface area contributed by atoms with Gasteiger partial charge in [-0.15, -0.1) is 0 Å². The Bertz CT molecular complexity index is 563. The Balaban J connectivity index is 2.24. The third-order valence-electron chi connectivity index (χ3n) is 3.69. The van der Waals surface area contributed by atoms with Crippen molar-refractivity contribution in [2.45, 2.75) is 65.3 Å². The van der Waals surface area contributed by atoms with Gasteiger partial charge in [0.2, 0.25) is 0 Å². The van der Waals surface area contributed by atoms with E-state index in [1.54, 1.807) is 0 Å². The van der Waals surface area contributed by atoms with Crippen LogP contribution in [0.2, 0.25) is 0 Å². The van der Waals surface area contributed by atoms with Crippen LogP contribution in [0.4, 0.5) is 5.69 Å². The zero-order chi connectivity index (χ0) is 14.8. The minimum Gasteiger partial charge on any atom is -0.382 e. The number of rotatable bonds is 5. The van der Waals surface area contributed by atoms with Crippen molar-refractivity contribution in [2.75, 3.05) is 5.32 Å². The Hall–Kier alpha value is -1.51. The molecule has 1 heterocycles. The number of H-pyrrole nitrogens is 1. The van der Waals surface area contributed by atoms with Crippen molar-refractivity contribution in [1.82, 2.24) is 9.97 Å². The van der Waals surface area contributed by atoms with Crippen LogP contribution in [0.3, 0.4) is 0 Å². The summed E-state index contributed by atoms with van der Waals surface area (Å²) >= 11 is 0. The molecule has 0 fully saturated rings. The Labute approximate surface area is 122 Å². The number of imidazole rings is 1. The number of benzene rings is 1. The predicted molar refractivity (Wildman–Crippen MR) is 87.4 cm³/mol. The largest absolute Gasteiger partial charge is 0.382 e. The standard InChI is InChI=1S/C17H27N3/c1-6-8-12(7-2)18-13-9-10-14-15(11-13)20-16(19-14)17(3,4)5/h9-12,18H,6-8H2,1-5H3,(H,19,20). The molecule has 0 saturated heterocycles. The van der Waals surface area contributed by atoms with Gasteiger partial charge in [-0.05, 0) is 31.0 Å². The van der Waals surface area contributed by atoms with Crippen LogP contribution in [0, 0.1) is 0 Å². The maximum Gasteiger partial charge on any atom is 0.112 e. The van der Waals surface area contributed by atoms with Gasteiger partial charge >= 0.3 is 0 Å². The molecule has 0 bridgehead atoms. The van der Waals surface area contributed by atoms with Crippen molar-refractivity contribution in [1.29, 1.82) is 0 Å². The second-order valence-corrected chi connectivity index (χ2v) is 6.61. The van der Waals surface area contributed by atoms with Crippen molar-refractivity contribution in [3.63, 3.8) is 0 Å². The molecule has 1 unspecified atom stereocenters. The number of nitrogens with zero attached hydrogens (tertiary/aromatic N) is 1. The number of aromatic nitrogens is 2. The minimum atomic E-state index is 0.0563. The van der Waals surface area contributed by atoms with Gasteiger partial charge in [-0.2, -0.15) is 0 Å². The van der Waals surface area contributed by atoms with E-state index in [2.05, 4.69) is 68.1 Å². The monoisotopic (exact) mass is 273 g/mol. The van der Waals surface area contributed by atoms with E-state index in [1.165, 1.54) is 18.5 Å². The van der Waals surface area contributed by atoms with Crippen LogP contribution < -0.4 is 5.32 Å².